The van der Waals surface area contributed by atoms with Crippen molar-refractivity contribution in [2.75, 3.05) is 6.54 Å². The number of nitrogens with one attached hydrogen (secondary N) is 1. The molecule has 0 fully saturated rings. The van der Waals surface area contributed by atoms with Crippen molar-refractivity contribution in [3.05, 3.63) is 52.0 Å². The Balaban J connectivity index is 1.87. The molecule has 0 amide bonds. The molecule has 1 heterocycles. The van der Waals surface area contributed by atoms with Crippen molar-refractivity contribution in [3.63, 3.8) is 0 Å². The first kappa shape index (κ1) is 15.2. The zero-order chi connectivity index (χ0) is 14.2. The fourth-order valence-corrected chi connectivity index (χ4v) is 3.05. The third-order valence-corrected chi connectivity index (χ3v) is 4.26. The smallest absolute Gasteiger partial charge is 0.0897 e. The molecule has 1 unspecified atom stereocenters. The van der Waals surface area contributed by atoms with E-state index in [0.717, 1.165) is 13.0 Å². The summed E-state index contributed by atoms with van der Waals surface area (Å²) in [5, 5.41) is 7.02. The molecule has 1 N–H and O–H groups in total. The highest BCUT2D eigenvalue weighted by molar-refractivity contribution is 7.09. The average Bonchev–Trinajstić information content (AvgIpc) is 2.89. The second kappa shape index (κ2) is 8.18. The molecule has 1 atom stereocenters. The van der Waals surface area contributed by atoms with Crippen LogP contribution in [0.25, 0.3) is 0 Å². The summed E-state index contributed by atoms with van der Waals surface area (Å²) in [4.78, 5) is 4.54. The molecule has 0 bridgehead atoms. The van der Waals surface area contributed by atoms with Gasteiger partial charge in [-0.25, -0.2) is 4.98 Å². The van der Waals surface area contributed by atoms with Crippen LogP contribution in [-0.4, -0.2) is 11.5 Å². The van der Waals surface area contributed by atoms with Crippen molar-refractivity contribution in [2.24, 2.45) is 0 Å². The van der Waals surface area contributed by atoms with Crippen LogP contribution in [0.5, 0.6) is 0 Å². The highest BCUT2D eigenvalue weighted by Gasteiger charge is 2.10. The summed E-state index contributed by atoms with van der Waals surface area (Å²) in [6.07, 6.45) is 4.61. The summed E-state index contributed by atoms with van der Waals surface area (Å²) in [7, 11) is 0. The largest absolute Gasteiger partial charge is 0.310 e. The van der Waals surface area contributed by atoms with Crippen molar-refractivity contribution in [2.45, 2.75) is 45.6 Å². The number of rotatable bonds is 8. The Morgan fingerprint density at radius 3 is 2.70 bits per heavy atom. The average molecular weight is 288 g/mol. The Labute approximate surface area is 126 Å². The van der Waals surface area contributed by atoms with Gasteiger partial charge in [0, 0.05) is 11.4 Å². The third kappa shape index (κ3) is 4.73. The van der Waals surface area contributed by atoms with Crippen LogP contribution in [0.1, 0.15) is 48.5 Å². The third-order valence-electron chi connectivity index (χ3n) is 3.43. The molecule has 0 spiro atoms. The number of nitrogens with zero attached hydrogens (tertiary/aromatic N) is 1. The van der Waals surface area contributed by atoms with Gasteiger partial charge in [-0.3, -0.25) is 0 Å². The monoisotopic (exact) mass is 288 g/mol. The maximum absolute atomic E-state index is 4.54. The molecule has 0 aliphatic rings. The normalized spacial score (nSPS) is 12.5. The van der Waals surface area contributed by atoms with E-state index in [0.29, 0.717) is 6.04 Å². The molecule has 1 aromatic heterocycles. The summed E-state index contributed by atoms with van der Waals surface area (Å²) in [6, 6.07) is 11.2. The van der Waals surface area contributed by atoms with Crippen molar-refractivity contribution in [1.82, 2.24) is 10.3 Å². The van der Waals surface area contributed by atoms with Crippen molar-refractivity contribution >= 4 is 11.3 Å². The van der Waals surface area contributed by atoms with Crippen LogP contribution >= 0.6 is 11.3 Å². The minimum absolute atomic E-state index is 0.468. The summed E-state index contributed by atoms with van der Waals surface area (Å²) < 4.78 is 0. The highest BCUT2D eigenvalue weighted by Crippen LogP contribution is 2.20. The number of thiazole rings is 1. The van der Waals surface area contributed by atoms with Crippen LogP contribution in [-0.2, 0) is 6.42 Å². The van der Waals surface area contributed by atoms with Crippen LogP contribution in [0.3, 0.4) is 0 Å². The summed E-state index contributed by atoms with van der Waals surface area (Å²) >= 11 is 1.75. The van der Waals surface area contributed by atoms with Crippen molar-refractivity contribution in [1.29, 1.82) is 0 Å². The number of hydrogen-bond acceptors (Lipinski definition) is 3. The van der Waals surface area contributed by atoms with E-state index in [1.807, 2.05) is 0 Å². The molecule has 0 saturated carbocycles. The molecule has 0 saturated heterocycles. The van der Waals surface area contributed by atoms with E-state index >= 15 is 0 Å². The van der Waals surface area contributed by atoms with Crippen molar-refractivity contribution in [3.8, 4) is 0 Å². The Hall–Kier alpha value is -1.19. The van der Waals surface area contributed by atoms with Gasteiger partial charge >= 0.3 is 0 Å². The first-order valence-electron chi connectivity index (χ1n) is 7.49. The minimum Gasteiger partial charge on any atom is -0.310 e. The summed E-state index contributed by atoms with van der Waals surface area (Å²) in [5.74, 6) is 0. The van der Waals surface area contributed by atoms with Gasteiger partial charge in [-0.2, -0.15) is 0 Å². The van der Waals surface area contributed by atoms with Gasteiger partial charge in [0.15, 0.2) is 0 Å². The fourth-order valence-electron chi connectivity index (χ4n) is 2.40. The summed E-state index contributed by atoms with van der Waals surface area (Å²) in [5.41, 5.74) is 2.64. The highest BCUT2D eigenvalue weighted by atomic mass is 32.1. The van der Waals surface area contributed by atoms with Gasteiger partial charge in [0.25, 0.3) is 0 Å². The zero-order valence-corrected chi connectivity index (χ0v) is 13.2. The van der Waals surface area contributed by atoms with Crippen molar-refractivity contribution < 1.29 is 0 Å². The molecule has 1 aromatic carbocycles. The second-order valence-corrected chi connectivity index (χ2v) is 6.23. The first-order chi connectivity index (χ1) is 9.79. The van der Waals surface area contributed by atoms with E-state index < -0.39 is 0 Å². The molecule has 0 radical (unpaired) electrons. The molecule has 0 aliphatic carbocycles. The van der Waals surface area contributed by atoms with Gasteiger partial charge in [-0.05, 0) is 44.7 Å². The lowest BCUT2D eigenvalue weighted by Gasteiger charge is -2.18. The summed E-state index contributed by atoms with van der Waals surface area (Å²) in [6.45, 7) is 5.37. The van der Waals surface area contributed by atoms with Crippen LogP contribution < -0.4 is 5.32 Å². The van der Waals surface area contributed by atoms with E-state index in [9.17, 15) is 0 Å². The van der Waals surface area contributed by atoms with E-state index in [2.05, 4.69) is 59.9 Å². The molecule has 0 aliphatic heterocycles. The van der Waals surface area contributed by atoms with Gasteiger partial charge in [-0.1, -0.05) is 37.3 Å². The SMILES string of the molecule is CCCNC(CCCc1csc(C)n1)c1ccccc1. The van der Waals surface area contributed by atoms with E-state index in [-0.39, 0.29) is 0 Å². The molecule has 108 valence electrons. The molecular formula is C17H24N2S. The fraction of sp³-hybridized carbons (Fsp3) is 0.471. The van der Waals surface area contributed by atoms with Gasteiger partial charge in [0.05, 0.1) is 10.7 Å². The number of benzene rings is 1. The molecular weight excluding hydrogens is 264 g/mol. The van der Waals surface area contributed by atoms with Crippen LogP contribution in [0.15, 0.2) is 35.7 Å². The Kier molecular flexibility index (Phi) is 6.22. The lowest BCUT2D eigenvalue weighted by Crippen LogP contribution is -2.22. The standard InChI is InChI=1S/C17H24N2S/c1-3-12-18-17(15-8-5-4-6-9-15)11-7-10-16-13-20-14(2)19-16/h4-6,8-9,13,17-18H,3,7,10-12H2,1-2H3. The van der Waals surface area contributed by atoms with Crippen LogP contribution in [0.4, 0.5) is 0 Å². The predicted molar refractivity (Wildman–Crippen MR) is 87.3 cm³/mol. The van der Waals surface area contributed by atoms with Gasteiger partial charge in [0.1, 0.15) is 0 Å². The first-order valence-corrected chi connectivity index (χ1v) is 8.37. The number of hydrogen-bond donors (Lipinski definition) is 1. The van der Waals surface area contributed by atoms with Crippen LogP contribution in [0, 0.1) is 6.92 Å². The Morgan fingerprint density at radius 2 is 2.05 bits per heavy atom. The Bertz CT molecular complexity index is 493. The van der Waals surface area contributed by atoms with E-state index in [1.54, 1.807) is 11.3 Å². The van der Waals surface area contributed by atoms with E-state index in [4.69, 9.17) is 0 Å². The predicted octanol–water partition coefficient (Wildman–Crippen LogP) is 4.52. The zero-order valence-electron chi connectivity index (χ0n) is 12.4. The maximum atomic E-state index is 4.54. The lowest BCUT2D eigenvalue weighted by atomic mass is 10.0. The Morgan fingerprint density at radius 1 is 1.25 bits per heavy atom. The molecule has 2 nitrogen and oxygen atoms in total. The minimum atomic E-state index is 0.468. The number of aromatic nitrogens is 1. The van der Waals surface area contributed by atoms with Gasteiger partial charge in [-0.15, -0.1) is 11.3 Å². The van der Waals surface area contributed by atoms with Gasteiger partial charge in [0.2, 0.25) is 0 Å². The topological polar surface area (TPSA) is 24.9 Å². The molecule has 20 heavy (non-hydrogen) atoms. The lowest BCUT2D eigenvalue weighted by molar-refractivity contribution is 0.483. The quantitative estimate of drug-likeness (QED) is 0.772. The number of aryl methyl sites for hydroxylation is 2. The van der Waals surface area contributed by atoms with Crippen LogP contribution in [0.2, 0.25) is 0 Å². The molecule has 2 rings (SSSR count). The second-order valence-electron chi connectivity index (χ2n) is 5.17. The maximum Gasteiger partial charge on any atom is 0.0897 e. The van der Waals surface area contributed by atoms with Gasteiger partial charge < -0.3 is 5.32 Å². The van der Waals surface area contributed by atoms with E-state index in [1.165, 1.54) is 35.5 Å². The molecule has 2 aromatic rings. The molecule has 3 heteroatoms.